The average Bonchev–Trinajstić information content (AvgIpc) is 2.29. The zero-order chi connectivity index (χ0) is 13.1. The summed E-state index contributed by atoms with van der Waals surface area (Å²) >= 11 is 0. The number of para-hydroxylation sites is 1. The fraction of sp³-hybridized carbons (Fsp3) is 0.300. The van der Waals surface area contributed by atoms with E-state index in [1.54, 1.807) is 0 Å². The highest BCUT2D eigenvalue weighted by Gasteiger charge is 2.25. The maximum atomic E-state index is 12.0. The molecular weight excluding hydrogens is 246 g/mol. The lowest BCUT2D eigenvalue weighted by molar-refractivity contribution is -0.140. The number of phenolic OH excluding ortho intramolecular Hbond substituents is 1. The molecular formula is C10H13NO5S. The first-order chi connectivity index (χ1) is 7.89. The molecule has 0 spiro atoms. The Morgan fingerprint density at radius 1 is 1.41 bits per heavy atom. The summed E-state index contributed by atoms with van der Waals surface area (Å²) in [6.45, 7) is -0.410. The molecule has 0 heterocycles. The Bertz CT molecular complexity index is 511. The molecule has 0 atom stereocenters. The normalized spacial score (nSPS) is 11.5. The van der Waals surface area contributed by atoms with Crippen molar-refractivity contribution in [3.63, 3.8) is 0 Å². The standard InChI is InChI=1S/C10H13NO5S/c1-11(7-10(13)16-2)17(14,15)9-6-4-3-5-8(9)12/h3-6,12H,7H2,1-2H3. The van der Waals surface area contributed by atoms with Crippen molar-refractivity contribution in [2.24, 2.45) is 0 Å². The third kappa shape index (κ3) is 2.95. The van der Waals surface area contributed by atoms with Crippen LogP contribution < -0.4 is 0 Å². The first kappa shape index (κ1) is 13.5. The maximum absolute atomic E-state index is 12.0. The van der Waals surface area contributed by atoms with Gasteiger partial charge in [-0.3, -0.25) is 4.79 Å². The van der Waals surface area contributed by atoms with Crippen LogP contribution >= 0.6 is 0 Å². The number of rotatable bonds is 4. The fourth-order valence-corrected chi connectivity index (χ4v) is 2.37. The molecule has 7 heteroatoms. The summed E-state index contributed by atoms with van der Waals surface area (Å²) < 4.78 is 29.1. The molecule has 0 radical (unpaired) electrons. The van der Waals surface area contributed by atoms with Gasteiger partial charge in [-0.05, 0) is 12.1 Å². The van der Waals surface area contributed by atoms with Crippen molar-refractivity contribution in [3.8, 4) is 5.75 Å². The summed E-state index contributed by atoms with van der Waals surface area (Å²) in [7, 11) is -1.49. The van der Waals surface area contributed by atoms with Crippen LogP contribution in [0.2, 0.25) is 0 Å². The van der Waals surface area contributed by atoms with Gasteiger partial charge >= 0.3 is 5.97 Å². The number of nitrogens with zero attached hydrogens (tertiary/aromatic N) is 1. The number of sulfonamides is 1. The van der Waals surface area contributed by atoms with Crippen molar-refractivity contribution in [1.29, 1.82) is 0 Å². The van der Waals surface area contributed by atoms with Crippen LogP contribution in [0, 0.1) is 0 Å². The molecule has 0 aliphatic heterocycles. The number of methoxy groups -OCH3 is 1. The molecule has 1 N–H and O–H groups in total. The molecule has 6 nitrogen and oxygen atoms in total. The molecule has 0 fully saturated rings. The molecule has 0 aromatic heterocycles. The van der Waals surface area contributed by atoms with Crippen LogP contribution in [0.4, 0.5) is 0 Å². The number of hydrogen-bond acceptors (Lipinski definition) is 5. The fourth-order valence-electron chi connectivity index (χ4n) is 1.17. The number of likely N-dealkylation sites (N-methyl/N-ethyl adjacent to an activating group) is 1. The molecule has 1 rings (SSSR count). The van der Waals surface area contributed by atoms with E-state index in [4.69, 9.17) is 0 Å². The molecule has 0 saturated heterocycles. The van der Waals surface area contributed by atoms with Gasteiger partial charge in [0.15, 0.2) is 0 Å². The molecule has 0 aliphatic rings. The second kappa shape index (κ2) is 5.15. The highest BCUT2D eigenvalue weighted by atomic mass is 32.2. The predicted octanol–water partition coefficient (Wildman–Crippen LogP) is 0.186. The van der Waals surface area contributed by atoms with Gasteiger partial charge in [-0.15, -0.1) is 0 Å². The Hall–Kier alpha value is -1.60. The smallest absolute Gasteiger partial charge is 0.321 e. The van der Waals surface area contributed by atoms with Crippen LogP contribution in [0.15, 0.2) is 29.2 Å². The zero-order valence-electron chi connectivity index (χ0n) is 9.45. The number of ether oxygens (including phenoxy) is 1. The Labute approximate surface area is 99.5 Å². The van der Waals surface area contributed by atoms with Gasteiger partial charge < -0.3 is 9.84 Å². The van der Waals surface area contributed by atoms with Gasteiger partial charge in [-0.1, -0.05) is 12.1 Å². The summed E-state index contributed by atoms with van der Waals surface area (Å²) in [6.07, 6.45) is 0. The van der Waals surface area contributed by atoms with Crippen LogP contribution in [0.3, 0.4) is 0 Å². The second-order valence-electron chi connectivity index (χ2n) is 3.30. The van der Waals surface area contributed by atoms with Crippen molar-refractivity contribution in [2.75, 3.05) is 20.7 Å². The molecule has 0 unspecified atom stereocenters. The summed E-state index contributed by atoms with van der Waals surface area (Å²) in [6, 6.07) is 5.52. The van der Waals surface area contributed by atoms with E-state index in [2.05, 4.69) is 4.74 Å². The number of aromatic hydroxyl groups is 1. The largest absolute Gasteiger partial charge is 0.507 e. The molecule has 0 saturated carbocycles. The van der Waals surface area contributed by atoms with E-state index >= 15 is 0 Å². The van der Waals surface area contributed by atoms with Gasteiger partial charge in [0, 0.05) is 7.05 Å². The summed E-state index contributed by atoms with van der Waals surface area (Å²) in [5, 5.41) is 9.46. The van der Waals surface area contributed by atoms with Gasteiger partial charge in [0.2, 0.25) is 10.0 Å². The Kier molecular flexibility index (Phi) is 4.08. The number of hydrogen-bond donors (Lipinski definition) is 1. The molecule has 94 valence electrons. The van der Waals surface area contributed by atoms with E-state index < -0.39 is 22.5 Å². The minimum absolute atomic E-state index is 0.244. The molecule has 0 amide bonds. The van der Waals surface area contributed by atoms with E-state index in [0.29, 0.717) is 0 Å². The first-order valence-corrected chi connectivity index (χ1v) is 6.14. The Balaban J connectivity index is 3.04. The van der Waals surface area contributed by atoms with Crippen LogP contribution in [-0.4, -0.2) is 44.5 Å². The second-order valence-corrected chi connectivity index (χ2v) is 5.32. The minimum atomic E-state index is -3.89. The van der Waals surface area contributed by atoms with Gasteiger partial charge in [0.25, 0.3) is 0 Å². The number of esters is 1. The lowest BCUT2D eigenvalue weighted by atomic mass is 10.3. The molecule has 0 aliphatic carbocycles. The van der Waals surface area contributed by atoms with Crippen LogP contribution in [-0.2, 0) is 19.6 Å². The third-order valence-electron chi connectivity index (χ3n) is 2.13. The quantitative estimate of drug-likeness (QED) is 0.780. The van der Waals surface area contributed by atoms with E-state index in [-0.39, 0.29) is 10.6 Å². The SMILES string of the molecule is COC(=O)CN(C)S(=O)(=O)c1ccccc1O. The highest BCUT2D eigenvalue weighted by Crippen LogP contribution is 2.24. The van der Waals surface area contributed by atoms with Crippen LogP contribution in [0.1, 0.15) is 0 Å². The topological polar surface area (TPSA) is 83.9 Å². The van der Waals surface area contributed by atoms with Gasteiger partial charge in [-0.25, -0.2) is 8.42 Å². The van der Waals surface area contributed by atoms with Gasteiger partial charge in [0.1, 0.15) is 17.2 Å². The maximum Gasteiger partial charge on any atom is 0.321 e. The molecule has 0 bridgehead atoms. The first-order valence-electron chi connectivity index (χ1n) is 4.70. The minimum Gasteiger partial charge on any atom is -0.507 e. The van der Waals surface area contributed by atoms with E-state index in [1.807, 2.05) is 0 Å². The zero-order valence-corrected chi connectivity index (χ0v) is 10.3. The monoisotopic (exact) mass is 259 g/mol. The Morgan fingerprint density at radius 2 is 2.00 bits per heavy atom. The van der Waals surface area contributed by atoms with E-state index in [0.717, 1.165) is 4.31 Å². The van der Waals surface area contributed by atoms with Crippen molar-refractivity contribution in [2.45, 2.75) is 4.90 Å². The highest BCUT2D eigenvalue weighted by molar-refractivity contribution is 7.89. The van der Waals surface area contributed by atoms with Gasteiger partial charge in [0.05, 0.1) is 7.11 Å². The summed E-state index contributed by atoms with van der Waals surface area (Å²) in [4.78, 5) is 10.8. The van der Waals surface area contributed by atoms with Crippen LogP contribution in [0.5, 0.6) is 5.75 Å². The number of carbonyl (C=O) groups is 1. The summed E-state index contributed by atoms with van der Waals surface area (Å²) in [5.41, 5.74) is 0. The average molecular weight is 259 g/mol. The van der Waals surface area contributed by atoms with Crippen molar-refractivity contribution < 1.29 is 23.1 Å². The lowest BCUT2D eigenvalue weighted by Gasteiger charge is -2.16. The van der Waals surface area contributed by atoms with E-state index in [9.17, 15) is 18.3 Å². The number of benzene rings is 1. The van der Waals surface area contributed by atoms with Crippen LogP contribution in [0.25, 0.3) is 0 Å². The molecule has 1 aromatic rings. The van der Waals surface area contributed by atoms with Gasteiger partial charge in [-0.2, -0.15) is 4.31 Å². The third-order valence-corrected chi connectivity index (χ3v) is 3.98. The summed E-state index contributed by atoms with van der Waals surface area (Å²) in [5.74, 6) is -1.03. The molecule has 1 aromatic carbocycles. The number of carbonyl (C=O) groups excluding carboxylic acids is 1. The number of phenols is 1. The van der Waals surface area contributed by atoms with Crippen molar-refractivity contribution in [1.82, 2.24) is 4.31 Å². The van der Waals surface area contributed by atoms with Crippen molar-refractivity contribution >= 4 is 16.0 Å². The lowest BCUT2D eigenvalue weighted by Crippen LogP contribution is -2.32. The van der Waals surface area contributed by atoms with Crippen molar-refractivity contribution in [3.05, 3.63) is 24.3 Å². The van der Waals surface area contributed by atoms with E-state index in [1.165, 1.54) is 38.4 Å². The molecule has 17 heavy (non-hydrogen) atoms. The Morgan fingerprint density at radius 3 is 2.53 bits per heavy atom. The predicted molar refractivity (Wildman–Crippen MR) is 59.9 cm³/mol.